The SMILES string of the molecule is CC(C)(C)OC(=O)N1CCC(CNCC(=O)c2ccccn2)CC1. The number of hydrogen-bond acceptors (Lipinski definition) is 5. The van der Waals surface area contributed by atoms with E-state index in [1.54, 1.807) is 23.2 Å². The van der Waals surface area contributed by atoms with Crippen molar-refractivity contribution in [1.82, 2.24) is 15.2 Å². The first kappa shape index (κ1) is 18.4. The van der Waals surface area contributed by atoms with Crippen molar-refractivity contribution >= 4 is 11.9 Å². The van der Waals surface area contributed by atoms with Gasteiger partial charge in [-0.1, -0.05) is 6.07 Å². The maximum Gasteiger partial charge on any atom is 0.410 e. The van der Waals surface area contributed by atoms with Gasteiger partial charge in [-0.25, -0.2) is 4.79 Å². The Morgan fingerprint density at radius 1 is 1.29 bits per heavy atom. The molecule has 1 fully saturated rings. The van der Waals surface area contributed by atoms with Crippen molar-refractivity contribution in [3.63, 3.8) is 0 Å². The van der Waals surface area contributed by atoms with Crippen LogP contribution >= 0.6 is 0 Å². The predicted octanol–water partition coefficient (Wildman–Crippen LogP) is 2.50. The van der Waals surface area contributed by atoms with Crippen LogP contribution in [-0.4, -0.2) is 53.5 Å². The number of amides is 1. The van der Waals surface area contributed by atoms with E-state index in [1.807, 2.05) is 26.8 Å². The van der Waals surface area contributed by atoms with Crippen molar-refractivity contribution in [1.29, 1.82) is 0 Å². The van der Waals surface area contributed by atoms with E-state index in [-0.39, 0.29) is 11.9 Å². The number of aromatic nitrogens is 1. The summed E-state index contributed by atoms with van der Waals surface area (Å²) < 4.78 is 5.39. The van der Waals surface area contributed by atoms with Gasteiger partial charge in [-0.15, -0.1) is 0 Å². The van der Waals surface area contributed by atoms with E-state index < -0.39 is 5.60 Å². The van der Waals surface area contributed by atoms with Crippen molar-refractivity contribution < 1.29 is 14.3 Å². The Morgan fingerprint density at radius 2 is 2.00 bits per heavy atom. The highest BCUT2D eigenvalue weighted by Gasteiger charge is 2.26. The van der Waals surface area contributed by atoms with Crippen LogP contribution in [0, 0.1) is 5.92 Å². The molecule has 0 atom stereocenters. The maximum absolute atomic E-state index is 12.0. The first-order chi connectivity index (χ1) is 11.3. The smallest absolute Gasteiger partial charge is 0.410 e. The highest BCUT2D eigenvalue weighted by atomic mass is 16.6. The van der Waals surface area contributed by atoms with Gasteiger partial charge >= 0.3 is 6.09 Å². The van der Waals surface area contributed by atoms with Gasteiger partial charge in [-0.2, -0.15) is 0 Å². The van der Waals surface area contributed by atoms with Crippen LogP contribution in [0.4, 0.5) is 4.79 Å². The van der Waals surface area contributed by atoms with Gasteiger partial charge in [-0.05, 0) is 58.2 Å². The van der Waals surface area contributed by atoms with Crippen LogP contribution in [0.3, 0.4) is 0 Å². The molecule has 132 valence electrons. The molecule has 0 bridgehead atoms. The van der Waals surface area contributed by atoms with Gasteiger partial charge in [0.05, 0.1) is 6.54 Å². The van der Waals surface area contributed by atoms with Gasteiger partial charge in [0.15, 0.2) is 5.78 Å². The third-order valence-electron chi connectivity index (χ3n) is 3.94. The summed E-state index contributed by atoms with van der Waals surface area (Å²) in [4.78, 5) is 29.8. The van der Waals surface area contributed by atoms with E-state index in [9.17, 15) is 9.59 Å². The summed E-state index contributed by atoms with van der Waals surface area (Å²) in [6.45, 7) is 8.11. The van der Waals surface area contributed by atoms with Gasteiger partial charge in [0, 0.05) is 19.3 Å². The fourth-order valence-electron chi connectivity index (χ4n) is 2.65. The third kappa shape index (κ3) is 5.92. The molecular formula is C18H27N3O3. The summed E-state index contributed by atoms with van der Waals surface area (Å²) in [6, 6.07) is 5.33. The Morgan fingerprint density at radius 3 is 2.58 bits per heavy atom. The number of likely N-dealkylation sites (tertiary alicyclic amines) is 1. The molecule has 2 heterocycles. The molecule has 24 heavy (non-hydrogen) atoms. The number of piperidine rings is 1. The van der Waals surface area contributed by atoms with E-state index in [4.69, 9.17) is 4.74 Å². The maximum atomic E-state index is 12.0. The summed E-state index contributed by atoms with van der Waals surface area (Å²) in [5.74, 6) is 0.474. The second-order valence-corrected chi connectivity index (χ2v) is 7.18. The van der Waals surface area contributed by atoms with Crippen LogP contribution in [0.25, 0.3) is 0 Å². The Kier molecular flexibility index (Phi) is 6.31. The summed E-state index contributed by atoms with van der Waals surface area (Å²) in [7, 11) is 0. The average Bonchev–Trinajstić information content (AvgIpc) is 2.54. The largest absolute Gasteiger partial charge is 0.444 e. The number of hydrogen-bond donors (Lipinski definition) is 1. The number of nitrogens with one attached hydrogen (secondary N) is 1. The van der Waals surface area contributed by atoms with Crippen molar-refractivity contribution in [2.24, 2.45) is 5.92 Å². The minimum atomic E-state index is -0.457. The number of carbonyl (C=O) groups excluding carboxylic acids is 2. The minimum Gasteiger partial charge on any atom is -0.444 e. The molecule has 1 aromatic heterocycles. The van der Waals surface area contributed by atoms with E-state index in [2.05, 4.69) is 10.3 Å². The van der Waals surface area contributed by atoms with Crippen LogP contribution in [0.5, 0.6) is 0 Å². The number of ether oxygens (including phenoxy) is 1. The number of Topliss-reactive ketones (excluding diaryl/α,β-unsaturated/α-hetero) is 1. The Bertz CT molecular complexity index is 546. The van der Waals surface area contributed by atoms with Crippen LogP contribution in [0.15, 0.2) is 24.4 Å². The third-order valence-corrected chi connectivity index (χ3v) is 3.94. The predicted molar refractivity (Wildman–Crippen MR) is 92.0 cm³/mol. The summed E-state index contributed by atoms with van der Waals surface area (Å²) in [6.07, 6.45) is 3.23. The molecule has 1 amide bonds. The van der Waals surface area contributed by atoms with Crippen LogP contribution in [-0.2, 0) is 4.74 Å². The van der Waals surface area contributed by atoms with Gasteiger partial charge in [0.25, 0.3) is 0 Å². The number of rotatable bonds is 5. The molecule has 6 heteroatoms. The van der Waals surface area contributed by atoms with Crippen molar-refractivity contribution in [2.45, 2.75) is 39.2 Å². The molecule has 0 aliphatic carbocycles. The van der Waals surface area contributed by atoms with E-state index >= 15 is 0 Å². The topological polar surface area (TPSA) is 71.5 Å². The second-order valence-electron chi connectivity index (χ2n) is 7.18. The fourth-order valence-corrected chi connectivity index (χ4v) is 2.65. The number of carbonyl (C=O) groups is 2. The Balaban J connectivity index is 1.66. The van der Waals surface area contributed by atoms with Gasteiger partial charge < -0.3 is 15.0 Å². The molecular weight excluding hydrogens is 306 g/mol. The van der Waals surface area contributed by atoms with Crippen LogP contribution < -0.4 is 5.32 Å². The summed E-state index contributed by atoms with van der Waals surface area (Å²) >= 11 is 0. The fraction of sp³-hybridized carbons (Fsp3) is 0.611. The average molecular weight is 333 g/mol. The lowest BCUT2D eigenvalue weighted by atomic mass is 9.97. The molecule has 1 aliphatic heterocycles. The lowest BCUT2D eigenvalue weighted by molar-refractivity contribution is 0.0184. The highest BCUT2D eigenvalue weighted by molar-refractivity contribution is 5.95. The minimum absolute atomic E-state index is 0.00166. The van der Waals surface area contributed by atoms with Gasteiger partial charge in [0.2, 0.25) is 0 Å². The zero-order valence-electron chi connectivity index (χ0n) is 14.7. The normalized spacial score (nSPS) is 16.0. The molecule has 1 N–H and O–H groups in total. The first-order valence-corrected chi connectivity index (χ1v) is 8.48. The van der Waals surface area contributed by atoms with Crippen LogP contribution in [0.2, 0.25) is 0 Å². The van der Waals surface area contributed by atoms with Gasteiger partial charge in [-0.3, -0.25) is 9.78 Å². The number of ketones is 1. The summed E-state index contributed by atoms with van der Waals surface area (Å²) in [5, 5.41) is 3.21. The monoisotopic (exact) mass is 333 g/mol. The molecule has 1 saturated heterocycles. The van der Waals surface area contributed by atoms with Crippen molar-refractivity contribution in [2.75, 3.05) is 26.2 Å². The molecule has 0 radical (unpaired) electrons. The van der Waals surface area contributed by atoms with E-state index in [0.29, 0.717) is 31.2 Å². The van der Waals surface area contributed by atoms with E-state index in [1.165, 1.54) is 0 Å². The summed E-state index contributed by atoms with van der Waals surface area (Å²) in [5.41, 5.74) is 0.0335. The molecule has 1 aromatic rings. The van der Waals surface area contributed by atoms with Crippen molar-refractivity contribution in [3.05, 3.63) is 30.1 Å². The standard InChI is InChI=1S/C18H27N3O3/c1-18(2,3)24-17(23)21-10-7-14(8-11-21)12-19-13-16(22)15-6-4-5-9-20-15/h4-6,9,14,19H,7-8,10-13H2,1-3H3. The number of pyridine rings is 1. The van der Waals surface area contributed by atoms with Crippen molar-refractivity contribution in [3.8, 4) is 0 Å². The first-order valence-electron chi connectivity index (χ1n) is 8.48. The molecule has 0 aromatic carbocycles. The zero-order chi connectivity index (χ0) is 17.6. The highest BCUT2D eigenvalue weighted by Crippen LogP contribution is 2.19. The molecule has 0 spiro atoms. The van der Waals surface area contributed by atoms with Gasteiger partial charge in [0.1, 0.15) is 11.3 Å². The zero-order valence-corrected chi connectivity index (χ0v) is 14.7. The molecule has 0 saturated carbocycles. The molecule has 0 unspecified atom stereocenters. The quantitative estimate of drug-likeness (QED) is 0.838. The molecule has 1 aliphatic rings. The molecule has 6 nitrogen and oxygen atoms in total. The Hall–Kier alpha value is -1.95. The van der Waals surface area contributed by atoms with E-state index in [0.717, 1.165) is 19.4 Å². The Labute approximate surface area is 143 Å². The second kappa shape index (κ2) is 8.24. The lowest BCUT2D eigenvalue weighted by Crippen LogP contribution is -2.43. The lowest BCUT2D eigenvalue weighted by Gasteiger charge is -2.33. The van der Waals surface area contributed by atoms with Crippen LogP contribution in [0.1, 0.15) is 44.1 Å². The number of nitrogens with zero attached hydrogens (tertiary/aromatic N) is 2. The molecule has 2 rings (SSSR count).